The third kappa shape index (κ3) is 3.37. The highest BCUT2D eigenvalue weighted by atomic mass is 16.6. The molecule has 0 saturated carbocycles. The zero-order valence-electron chi connectivity index (χ0n) is 13.8. The lowest BCUT2D eigenvalue weighted by Crippen LogP contribution is -2.57. The predicted octanol–water partition coefficient (Wildman–Crippen LogP) is 2.77. The molecule has 1 amide bonds. The summed E-state index contributed by atoms with van der Waals surface area (Å²) in [6.45, 7) is 3.27. The molecule has 3 saturated heterocycles. The first kappa shape index (κ1) is 15.7. The molecule has 2 bridgehead atoms. The van der Waals surface area contributed by atoms with E-state index < -0.39 is 0 Å². The molecular weight excluding hydrogens is 318 g/mol. The van der Waals surface area contributed by atoms with Crippen molar-refractivity contribution in [3.63, 3.8) is 0 Å². The van der Waals surface area contributed by atoms with Crippen LogP contribution in [0.1, 0.15) is 29.0 Å². The first-order valence-corrected chi connectivity index (χ1v) is 8.52. The van der Waals surface area contributed by atoms with Gasteiger partial charge in [-0.1, -0.05) is 0 Å². The number of carbonyl (C=O) groups is 1. The largest absolute Gasteiger partial charge is 0.426 e. The summed E-state index contributed by atoms with van der Waals surface area (Å²) >= 11 is 0. The molecule has 6 heteroatoms. The van der Waals surface area contributed by atoms with Crippen LogP contribution in [-0.4, -0.2) is 36.5 Å². The van der Waals surface area contributed by atoms with Gasteiger partial charge in [0.1, 0.15) is 11.8 Å². The summed E-state index contributed by atoms with van der Waals surface area (Å²) in [5.41, 5.74) is 0.612. The fourth-order valence-corrected chi connectivity index (χ4v) is 3.61. The van der Waals surface area contributed by atoms with Crippen molar-refractivity contribution in [2.45, 2.75) is 18.9 Å². The van der Waals surface area contributed by atoms with E-state index >= 15 is 0 Å². The normalized spacial score (nSPS) is 24.5. The van der Waals surface area contributed by atoms with Crippen molar-refractivity contribution in [1.82, 2.24) is 10.2 Å². The molecule has 1 atom stereocenters. The molecule has 4 heterocycles. The van der Waals surface area contributed by atoms with Crippen LogP contribution in [0.3, 0.4) is 0 Å². The molecule has 3 aliphatic heterocycles. The molecule has 0 spiro atoms. The van der Waals surface area contributed by atoms with Crippen LogP contribution < -0.4 is 10.1 Å². The van der Waals surface area contributed by atoms with Crippen LogP contribution >= 0.6 is 0 Å². The molecule has 1 aromatic carbocycles. The van der Waals surface area contributed by atoms with E-state index in [1.54, 1.807) is 36.4 Å². The Kier molecular flexibility index (Phi) is 4.16. The van der Waals surface area contributed by atoms with Gasteiger partial charge < -0.3 is 19.4 Å². The Labute approximate surface area is 146 Å². The van der Waals surface area contributed by atoms with Gasteiger partial charge in [0, 0.05) is 24.2 Å². The van der Waals surface area contributed by atoms with Crippen LogP contribution in [0.2, 0.25) is 0 Å². The Hall–Kier alpha value is -2.78. The quantitative estimate of drug-likeness (QED) is 0.928. The minimum Gasteiger partial charge on any atom is -0.426 e. The summed E-state index contributed by atoms with van der Waals surface area (Å²) in [5.74, 6) is 1.56. The lowest BCUT2D eigenvalue weighted by atomic mass is 9.84. The molecule has 128 valence electrons. The molecule has 1 unspecified atom stereocenters. The molecule has 0 aliphatic carbocycles. The number of carbonyl (C=O) groups excluding carboxylic acids is 1. The molecule has 1 aromatic heterocycles. The highest BCUT2D eigenvalue weighted by molar-refractivity contribution is 5.94. The summed E-state index contributed by atoms with van der Waals surface area (Å²) in [5, 5.41) is 11.9. The number of ether oxygens (including phenoxy) is 1. The molecular formula is C19H19N3O3. The Morgan fingerprint density at radius 3 is 2.56 bits per heavy atom. The number of nitrogens with zero attached hydrogens (tertiary/aromatic N) is 2. The summed E-state index contributed by atoms with van der Waals surface area (Å²) < 4.78 is 10.7. The van der Waals surface area contributed by atoms with Crippen LogP contribution in [0.5, 0.6) is 11.7 Å². The number of amides is 1. The second-order valence-electron chi connectivity index (χ2n) is 6.57. The maximum absolute atomic E-state index is 12.5. The number of fused-ring (bicyclic) bond motifs is 3. The number of furan rings is 1. The van der Waals surface area contributed by atoms with E-state index in [9.17, 15) is 4.79 Å². The number of benzene rings is 1. The molecule has 0 radical (unpaired) electrons. The van der Waals surface area contributed by atoms with E-state index in [-0.39, 0.29) is 23.7 Å². The van der Waals surface area contributed by atoms with Gasteiger partial charge in [0.2, 0.25) is 5.76 Å². The standard InChI is InChI=1S/C19H19N3O3/c20-11-16-5-6-18(25-16)24-15-3-1-14(2-4-15)19(23)21-17-12-22-9-7-13(17)8-10-22/h1-6,13,17H,7-10,12H2,(H,21,23). The van der Waals surface area contributed by atoms with Gasteiger partial charge in [0.15, 0.2) is 0 Å². The topological polar surface area (TPSA) is 78.5 Å². The molecule has 3 fully saturated rings. The van der Waals surface area contributed by atoms with Crippen molar-refractivity contribution in [3.05, 3.63) is 47.7 Å². The number of hydrogen-bond donors (Lipinski definition) is 1. The smallest absolute Gasteiger partial charge is 0.291 e. The van der Waals surface area contributed by atoms with Crippen LogP contribution in [0.4, 0.5) is 0 Å². The number of piperidine rings is 3. The zero-order chi connectivity index (χ0) is 17.2. The first-order chi connectivity index (χ1) is 12.2. The lowest BCUT2D eigenvalue weighted by molar-refractivity contribution is 0.0620. The van der Waals surface area contributed by atoms with Crippen molar-refractivity contribution in [2.75, 3.05) is 19.6 Å². The van der Waals surface area contributed by atoms with Crippen LogP contribution in [0.25, 0.3) is 0 Å². The van der Waals surface area contributed by atoms with Crippen LogP contribution in [0.15, 0.2) is 40.8 Å². The number of rotatable bonds is 4. The molecule has 2 aromatic rings. The average molecular weight is 337 g/mol. The minimum atomic E-state index is -0.0462. The van der Waals surface area contributed by atoms with Crippen molar-refractivity contribution < 1.29 is 13.9 Å². The fourth-order valence-electron chi connectivity index (χ4n) is 3.61. The van der Waals surface area contributed by atoms with Crippen molar-refractivity contribution >= 4 is 5.91 Å². The van der Waals surface area contributed by atoms with E-state index in [1.807, 2.05) is 6.07 Å². The first-order valence-electron chi connectivity index (χ1n) is 8.52. The van der Waals surface area contributed by atoms with Gasteiger partial charge in [0.25, 0.3) is 11.9 Å². The molecule has 6 nitrogen and oxygen atoms in total. The van der Waals surface area contributed by atoms with Gasteiger partial charge >= 0.3 is 0 Å². The summed E-state index contributed by atoms with van der Waals surface area (Å²) in [6.07, 6.45) is 2.34. The summed E-state index contributed by atoms with van der Waals surface area (Å²) in [4.78, 5) is 14.9. The average Bonchev–Trinajstić information content (AvgIpc) is 3.11. The Morgan fingerprint density at radius 1 is 1.20 bits per heavy atom. The highest BCUT2D eigenvalue weighted by Gasteiger charge is 2.34. The van der Waals surface area contributed by atoms with E-state index in [0.29, 0.717) is 17.2 Å². The minimum absolute atomic E-state index is 0.0462. The van der Waals surface area contributed by atoms with Gasteiger partial charge in [-0.3, -0.25) is 4.79 Å². The molecule has 5 rings (SSSR count). The monoisotopic (exact) mass is 337 g/mol. The SMILES string of the molecule is N#Cc1ccc(Oc2ccc(C(=O)NC3CN4CCC3CC4)cc2)o1. The Bertz CT molecular complexity index is 798. The maximum Gasteiger partial charge on any atom is 0.291 e. The van der Waals surface area contributed by atoms with Gasteiger partial charge in [0.05, 0.1) is 0 Å². The van der Waals surface area contributed by atoms with Crippen molar-refractivity contribution in [1.29, 1.82) is 5.26 Å². The Balaban J connectivity index is 1.38. The third-order valence-electron chi connectivity index (χ3n) is 5.00. The van der Waals surface area contributed by atoms with E-state index in [0.717, 1.165) is 19.6 Å². The van der Waals surface area contributed by atoms with Crippen LogP contribution in [-0.2, 0) is 0 Å². The summed E-state index contributed by atoms with van der Waals surface area (Å²) in [6, 6.07) is 12.2. The lowest BCUT2D eigenvalue weighted by Gasteiger charge is -2.44. The van der Waals surface area contributed by atoms with Gasteiger partial charge in [-0.05, 0) is 62.2 Å². The van der Waals surface area contributed by atoms with E-state index in [2.05, 4.69) is 10.2 Å². The fraction of sp³-hybridized carbons (Fsp3) is 0.368. The highest BCUT2D eigenvalue weighted by Crippen LogP contribution is 2.28. The Morgan fingerprint density at radius 2 is 1.96 bits per heavy atom. The second-order valence-corrected chi connectivity index (χ2v) is 6.57. The second kappa shape index (κ2) is 6.61. The van der Waals surface area contributed by atoms with Gasteiger partial charge in [-0.2, -0.15) is 5.26 Å². The van der Waals surface area contributed by atoms with Crippen molar-refractivity contribution in [3.8, 4) is 17.8 Å². The maximum atomic E-state index is 12.5. The predicted molar refractivity (Wildman–Crippen MR) is 90.4 cm³/mol. The van der Waals surface area contributed by atoms with Gasteiger partial charge in [-0.25, -0.2) is 0 Å². The number of hydrogen-bond acceptors (Lipinski definition) is 5. The molecule has 25 heavy (non-hydrogen) atoms. The number of nitriles is 1. The van der Waals surface area contributed by atoms with Crippen molar-refractivity contribution in [2.24, 2.45) is 5.92 Å². The summed E-state index contributed by atoms with van der Waals surface area (Å²) in [7, 11) is 0. The molecule has 3 aliphatic rings. The van der Waals surface area contributed by atoms with Gasteiger partial charge in [-0.15, -0.1) is 0 Å². The zero-order valence-corrected chi connectivity index (χ0v) is 13.8. The molecule has 1 N–H and O–H groups in total. The third-order valence-corrected chi connectivity index (χ3v) is 5.00. The van der Waals surface area contributed by atoms with E-state index in [1.165, 1.54) is 12.8 Å². The number of nitrogens with one attached hydrogen (secondary N) is 1. The van der Waals surface area contributed by atoms with E-state index in [4.69, 9.17) is 14.4 Å². The van der Waals surface area contributed by atoms with Crippen LogP contribution in [0, 0.1) is 17.2 Å².